The summed E-state index contributed by atoms with van der Waals surface area (Å²) in [5, 5.41) is 10.7. The number of non-ortho nitro benzene ring substituents is 1. The second-order valence-corrected chi connectivity index (χ2v) is 9.10. The van der Waals surface area contributed by atoms with Crippen molar-refractivity contribution in [2.45, 2.75) is 81.9 Å². The minimum Gasteiger partial charge on any atom is -0.430 e. The third-order valence-electron chi connectivity index (χ3n) is 7.15. The number of hydrogen-bond donors (Lipinski definition) is 0. The molecule has 0 radical (unpaired) electrons. The normalized spacial score (nSPS) is 37.0. The second kappa shape index (κ2) is 8.03. The van der Waals surface area contributed by atoms with Gasteiger partial charge in [-0.2, -0.15) is 9.78 Å². The predicted octanol–water partition coefficient (Wildman–Crippen LogP) is 5.02. The van der Waals surface area contributed by atoms with Crippen LogP contribution in [-0.4, -0.2) is 28.8 Å². The number of hydrogen-bond acceptors (Lipinski definition) is 8. The van der Waals surface area contributed by atoms with Crippen molar-refractivity contribution in [3.8, 4) is 5.75 Å². The first-order chi connectivity index (χ1) is 15.0. The van der Waals surface area contributed by atoms with Crippen LogP contribution < -0.4 is 4.74 Å². The number of ether oxygens (including phenoxy) is 3. The zero-order valence-corrected chi connectivity index (χ0v) is 17.3. The number of nitrogens with zero attached hydrogens (tertiary/aromatic N) is 1. The molecule has 0 amide bonds. The molecule has 2 atom stereocenters. The molecule has 31 heavy (non-hydrogen) atoms. The molecular weight excluding hydrogens is 406 g/mol. The third kappa shape index (κ3) is 3.90. The number of benzene rings is 1. The predicted molar refractivity (Wildman–Crippen MR) is 106 cm³/mol. The summed E-state index contributed by atoms with van der Waals surface area (Å²) in [4.78, 5) is 34.3. The van der Waals surface area contributed by atoms with E-state index in [-0.39, 0.29) is 11.4 Å². The van der Waals surface area contributed by atoms with Gasteiger partial charge >= 0.3 is 6.16 Å². The number of nitro benzene ring substituents is 1. The highest BCUT2D eigenvalue weighted by Crippen LogP contribution is 2.57. The van der Waals surface area contributed by atoms with E-state index in [4.69, 9.17) is 24.0 Å². The fourth-order valence-corrected chi connectivity index (χ4v) is 5.73. The first-order valence-corrected chi connectivity index (χ1v) is 11.2. The third-order valence-corrected chi connectivity index (χ3v) is 7.15. The van der Waals surface area contributed by atoms with Crippen LogP contribution in [0.3, 0.4) is 0 Å². The average Bonchev–Trinajstić information content (AvgIpc) is 3.06. The zero-order chi connectivity index (χ0) is 21.5. The van der Waals surface area contributed by atoms with Crippen LogP contribution in [0.1, 0.15) is 64.2 Å². The van der Waals surface area contributed by atoms with Crippen LogP contribution in [0.15, 0.2) is 24.3 Å². The average molecular weight is 433 g/mol. The Hall–Kier alpha value is -2.23. The molecule has 3 aliphatic carbocycles. The quantitative estimate of drug-likeness (QED) is 0.215. The Kier molecular flexibility index (Phi) is 5.35. The molecule has 168 valence electrons. The first kappa shape index (κ1) is 20.7. The monoisotopic (exact) mass is 433 g/mol. The van der Waals surface area contributed by atoms with E-state index < -0.39 is 28.8 Å². The molecule has 4 aliphatic rings. The van der Waals surface area contributed by atoms with E-state index in [1.165, 1.54) is 37.1 Å². The van der Waals surface area contributed by atoms with Crippen LogP contribution in [0.2, 0.25) is 0 Å². The highest BCUT2D eigenvalue weighted by atomic mass is 17.3. The Morgan fingerprint density at radius 3 is 2.32 bits per heavy atom. The van der Waals surface area contributed by atoms with Crippen molar-refractivity contribution in [3.63, 3.8) is 0 Å². The van der Waals surface area contributed by atoms with Crippen LogP contribution in [0, 0.1) is 22.0 Å². The SMILES string of the molecule is O=C(Oc1ccc([N+](=O)[O-])cc1)O[C@@H]1CCC[C@]2(C1)OOC1(O2)C2CCCC1CCC2. The first-order valence-electron chi connectivity index (χ1n) is 11.2. The largest absolute Gasteiger partial charge is 0.514 e. The molecule has 1 aromatic rings. The van der Waals surface area contributed by atoms with Crippen molar-refractivity contribution < 1.29 is 33.7 Å². The van der Waals surface area contributed by atoms with Gasteiger partial charge in [-0.3, -0.25) is 10.1 Å². The van der Waals surface area contributed by atoms with Crippen molar-refractivity contribution in [2.75, 3.05) is 0 Å². The maximum Gasteiger partial charge on any atom is 0.514 e. The molecule has 5 rings (SSSR count). The number of carbonyl (C=O) groups is 1. The van der Waals surface area contributed by atoms with Crippen LogP contribution in [0.4, 0.5) is 10.5 Å². The van der Waals surface area contributed by atoms with Gasteiger partial charge < -0.3 is 14.2 Å². The molecule has 0 N–H and O–H groups in total. The molecule has 0 aromatic heterocycles. The Bertz CT molecular complexity index is 820. The van der Waals surface area contributed by atoms with Gasteiger partial charge in [0, 0.05) is 36.8 Å². The van der Waals surface area contributed by atoms with Gasteiger partial charge in [0.2, 0.25) is 11.6 Å². The highest BCUT2D eigenvalue weighted by Gasteiger charge is 2.63. The smallest absolute Gasteiger partial charge is 0.430 e. The standard InChI is InChI=1S/C22H27NO8/c24-20(27-18-11-9-17(10-12-18)23(25)26)28-19-8-3-13-21(14-19)29-22(31-30-21)15-4-1-5-16(22)7-2-6-15/h9-12,15-16,19H,1-8,13-14H2/t15?,16?,19-,21-,22?/m1/s1. The lowest BCUT2D eigenvalue weighted by atomic mass is 9.67. The van der Waals surface area contributed by atoms with Gasteiger partial charge in [-0.25, -0.2) is 4.79 Å². The molecule has 3 saturated carbocycles. The molecule has 0 unspecified atom stereocenters. The molecule has 1 saturated heterocycles. The molecule has 1 aromatic carbocycles. The lowest BCUT2D eigenvalue weighted by Gasteiger charge is -2.48. The summed E-state index contributed by atoms with van der Waals surface area (Å²) >= 11 is 0. The van der Waals surface area contributed by atoms with Crippen molar-refractivity contribution >= 4 is 11.8 Å². The summed E-state index contributed by atoms with van der Waals surface area (Å²) in [6.07, 6.45) is 8.08. The molecule has 9 nitrogen and oxygen atoms in total. The van der Waals surface area contributed by atoms with Gasteiger partial charge in [-0.05, 0) is 50.7 Å². The zero-order valence-electron chi connectivity index (χ0n) is 17.3. The maximum atomic E-state index is 12.3. The molecule has 9 heteroatoms. The highest BCUT2D eigenvalue weighted by molar-refractivity contribution is 5.64. The van der Waals surface area contributed by atoms with E-state index in [0.29, 0.717) is 31.1 Å². The van der Waals surface area contributed by atoms with Crippen LogP contribution >= 0.6 is 0 Å². The Morgan fingerprint density at radius 1 is 1.00 bits per heavy atom. The van der Waals surface area contributed by atoms with Crippen molar-refractivity contribution in [3.05, 3.63) is 34.4 Å². The molecule has 1 aliphatic heterocycles. The lowest BCUT2D eigenvalue weighted by Crippen LogP contribution is -2.53. The van der Waals surface area contributed by atoms with Crippen LogP contribution in [0.25, 0.3) is 0 Å². The summed E-state index contributed by atoms with van der Waals surface area (Å²) in [6, 6.07) is 5.28. The summed E-state index contributed by atoms with van der Waals surface area (Å²) in [7, 11) is 0. The van der Waals surface area contributed by atoms with E-state index in [1.807, 2.05) is 0 Å². The number of carbonyl (C=O) groups excluding carboxylic acids is 1. The van der Waals surface area contributed by atoms with Crippen molar-refractivity contribution in [2.24, 2.45) is 11.8 Å². The van der Waals surface area contributed by atoms with Gasteiger partial charge in [0.05, 0.1) is 4.92 Å². The van der Waals surface area contributed by atoms with Gasteiger partial charge in [-0.1, -0.05) is 12.8 Å². The minimum absolute atomic E-state index is 0.0770. The number of nitro groups is 1. The molecule has 2 spiro atoms. The van der Waals surface area contributed by atoms with Crippen molar-refractivity contribution in [1.82, 2.24) is 0 Å². The van der Waals surface area contributed by atoms with E-state index in [2.05, 4.69) is 0 Å². The molecule has 4 fully saturated rings. The van der Waals surface area contributed by atoms with E-state index in [0.717, 1.165) is 32.1 Å². The lowest BCUT2D eigenvalue weighted by molar-refractivity contribution is -0.384. The Balaban J connectivity index is 1.21. The fourth-order valence-electron chi connectivity index (χ4n) is 5.73. The summed E-state index contributed by atoms with van der Waals surface area (Å²) in [5.74, 6) is -0.647. The van der Waals surface area contributed by atoms with Crippen molar-refractivity contribution in [1.29, 1.82) is 0 Å². The van der Waals surface area contributed by atoms with E-state index >= 15 is 0 Å². The Labute approximate surface area is 180 Å². The minimum atomic E-state index is -0.887. The molecule has 2 bridgehead atoms. The van der Waals surface area contributed by atoms with E-state index in [1.54, 1.807) is 0 Å². The fraction of sp³-hybridized carbons (Fsp3) is 0.682. The van der Waals surface area contributed by atoms with Gasteiger partial charge in [0.15, 0.2) is 0 Å². The summed E-state index contributed by atoms with van der Waals surface area (Å²) in [6.45, 7) is 0. The maximum absolute atomic E-state index is 12.3. The molecule has 1 heterocycles. The Morgan fingerprint density at radius 2 is 1.68 bits per heavy atom. The van der Waals surface area contributed by atoms with Gasteiger partial charge in [0.1, 0.15) is 11.9 Å². The molecular formula is C22H27NO8. The van der Waals surface area contributed by atoms with E-state index in [9.17, 15) is 14.9 Å². The topological polar surface area (TPSA) is 106 Å². The summed E-state index contributed by atoms with van der Waals surface area (Å²) in [5.41, 5.74) is -0.0770. The summed E-state index contributed by atoms with van der Waals surface area (Å²) < 4.78 is 17.3. The number of rotatable bonds is 3. The van der Waals surface area contributed by atoms with Gasteiger partial charge in [-0.15, -0.1) is 0 Å². The van der Waals surface area contributed by atoms with Gasteiger partial charge in [0.25, 0.3) is 5.69 Å². The van der Waals surface area contributed by atoms with Crippen LogP contribution in [0.5, 0.6) is 5.75 Å². The second-order valence-electron chi connectivity index (χ2n) is 9.10. The van der Waals surface area contributed by atoms with Crippen LogP contribution in [-0.2, 0) is 19.2 Å².